The lowest BCUT2D eigenvalue weighted by Gasteiger charge is -2.37. The SMILES string of the molecule is O=[N+]([O-])c1cc(Cl)c2c(c1)[C@@H]1C=CC[C@H]1[C@@H](c1ccccc1)N2. The summed E-state index contributed by atoms with van der Waals surface area (Å²) in [6.07, 6.45) is 5.27. The zero-order valence-corrected chi connectivity index (χ0v) is 13.0. The van der Waals surface area contributed by atoms with E-state index < -0.39 is 0 Å². The van der Waals surface area contributed by atoms with Crippen molar-refractivity contribution >= 4 is 23.0 Å². The van der Waals surface area contributed by atoms with Gasteiger partial charge in [-0.3, -0.25) is 10.1 Å². The zero-order chi connectivity index (χ0) is 16.0. The standard InChI is InChI=1S/C18H15ClN2O2/c19-16-10-12(21(22)23)9-15-13-7-4-8-14(13)17(20-18(15)16)11-5-2-1-3-6-11/h1-7,9-10,13-14,17,20H,8H2/t13-,14-,17-/m1/s1. The van der Waals surface area contributed by atoms with Gasteiger partial charge in [0, 0.05) is 18.1 Å². The third kappa shape index (κ3) is 2.30. The van der Waals surface area contributed by atoms with E-state index in [9.17, 15) is 10.1 Å². The Morgan fingerprint density at radius 2 is 2.00 bits per heavy atom. The van der Waals surface area contributed by atoms with E-state index in [0.717, 1.165) is 17.7 Å². The van der Waals surface area contributed by atoms with E-state index in [1.54, 1.807) is 6.07 Å². The monoisotopic (exact) mass is 326 g/mol. The molecule has 1 aliphatic carbocycles. The van der Waals surface area contributed by atoms with Gasteiger partial charge in [0.05, 0.1) is 21.7 Å². The lowest BCUT2D eigenvalue weighted by Crippen LogP contribution is -2.29. The number of hydrogen-bond acceptors (Lipinski definition) is 3. The van der Waals surface area contributed by atoms with Crippen molar-refractivity contribution in [1.29, 1.82) is 0 Å². The molecule has 4 rings (SSSR count). The van der Waals surface area contributed by atoms with Gasteiger partial charge in [-0.2, -0.15) is 0 Å². The van der Waals surface area contributed by atoms with E-state index in [-0.39, 0.29) is 22.6 Å². The molecule has 116 valence electrons. The van der Waals surface area contributed by atoms with Crippen molar-refractivity contribution < 1.29 is 4.92 Å². The van der Waals surface area contributed by atoms with Crippen molar-refractivity contribution in [3.8, 4) is 0 Å². The number of nitro groups is 1. The molecule has 2 aromatic carbocycles. The molecule has 2 aromatic rings. The lowest BCUT2D eigenvalue weighted by atomic mass is 9.77. The normalized spacial score (nSPS) is 24.7. The summed E-state index contributed by atoms with van der Waals surface area (Å²) in [6.45, 7) is 0. The van der Waals surface area contributed by atoms with Gasteiger partial charge in [0.2, 0.25) is 0 Å². The highest BCUT2D eigenvalue weighted by Crippen LogP contribution is 2.52. The lowest BCUT2D eigenvalue weighted by molar-refractivity contribution is -0.384. The number of non-ortho nitro benzene ring substituents is 1. The quantitative estimate of drug-likeness (QED) is 0.476. The summed E-state index contributed by atoms with van der Waals surface area (Å²) in [5, 5.41) is 15.1. The fourth-order valence-electron chi connectivity index (χ4n) is 3.74. The van der Waals surface area contributed by atoms with Gasteiger partial charge >= 0.3 is 0 Å². The maximum absolute atomic E-state index is 11.1. The van der Waals surface area contributed by atoms with Crippen LogP contribution in [0.1, 0.15) is 29.5 Å². The molecule has 1 N–H and O–H groups in total. The van der Waals surface area contributed by atoms with Crippen LogP contribution < -0.4 is 5.32 Å². The average Bonchev–Trinajstić information content (AvgIpc) is 3.04. The minimum absolute atomic E-state index is 0.0489. The maximum Gasteiger partial charge on any atom is 0.271 e. The predicted molar refractivity (Wildman–Crippen MR) is 90.9 cm³/mol. The summed E-state index contributed by atoms with van der Waals surface area (Å²) < 4.78 is 0. The van der Waals surface area contributed by atoms with E-state index in [1.807, 2.05) is 18.2 Å². The number of rotatable bonds is 2. The first kappa shape index (κ1) is 14.3. The number of fused-ring (bicyclic) bond motifs is 3. The molecule has 5 heteroatoms. The molecule has 0 saturated heterocycles. The number of benzene rings is 2. The van der Waals surface area contributed by atoms with Gasteiger partial charge in [0.15, 0.2) is 0 Å². The topological polar surface area (TPSA) is 55.2 Å². The molecule has 3 atom stereocenters. The molecule has 0 unspecified atom stereocenters. The second kappa shape index (κ2) is 5.39. The molecule has 0 fully saturated rings. The number of nitro benzene ring substituents is 1. The second-order valence-electron chi connectivity index (χ2n) is 6.04. The van der Waals surface area contributed by atoms with Crippen LogP contribution in [0.5, 0.6) is 0 Å². The number of anilines is 1. The Bertz CT molecular complexity index is 804. The van der Waals surface area contributed by atoms with Gasteiger partial charge in [0.25, 0.3) is 5.69 Å². The van der Waals surface area contributed by atoms with Crippen LogP contribution in [0, 0.1) is 16.0 Å². The third-order valence-electron chi connectivity index (χ3n) is 4.78. The van der Waals surface area contributed by atoms with Crippen molar-refractivity contribution in [2.45, 2.75) is 18.4 Å². The molecule has 0 aromatic heterocycles. The van der Waals surface area contributed by atoms with Gasteiger partial charge in [-0.25, -0.2) is 0 Å². The van der Waals surface area contributed by atoms with Crippen LogP contribution in [0.2, 0.25) is 5.02 Å². The summed E-state index contributed by atoms with van der Waals surface area (Å²) in [5.41, 5.74) is 3.01. The van der Waals surface area contributed by atoms with Gasteiger partial charge in [-0.1, -0.05) is 54.1 Å². The highest BCUT2D eigenvalue weighted by molar-refractivity contribution is 6.33. The highest BCUT2D eigenvalue weighted by Gasteiger charge is 2.39. The fraction of sp³-hybridized carbons (Fsp3) is 0.222. The van der Waals surface area contributed by atoms with Crippen molar-refractivity contribution in [3.05, 3.63) is 80.9 Å². The van der Waals surface area contributed by atoms with Crippen LogP contribution in [0.15, 0.2) is 54.6 Å². The maximum atomic E-state index is 11.1. The van der Waals surface area contributed by atoms with E-state index >= 15 is 0 Å². The van der Waals surface area contributed by atoms with E-state index in [4.69, 9.17) is 11.6 Å². The van der Waals surface area contributed by atoms with Gasteiger partial charge in [-0.05, 0) is 23.5 Å². The molecular weight excluding hydrogens is 312 g/mol. The smallest absolute Gasteiger partial charge is 0.271 e. The van der Waals surface area contributed by atoms with Crippen molar-refractivity contribution in [1.82, 2.24) is 0 Å². The molecule has 4 nitrogen and oxygen atoms in total. The van der Waals surface area contributed by atoms with Gasteiger partial charge < -0.3 is 5.32 Å². The number of nitrogens with zero attached hydrogens (tertiary/aromatic N) is 1. The Labute approximate surface area is 138 Å². The molecule has 1 aliphatic heterocycles. The first-order chi connectivity index (χ1) is 11.1. The van der Waals surface area contributed by atoms with Crippen LogP contribution in [0.25, 0.3) is 0 Å². The Morgan fingerprint density at radius 1 is 1.22 bits per heavy atom. The number of nitrogens with one attached hydrogen (secondary N) is 1. The highest BCUT2D eigenvalue weighted by atomic mass is 35.5. The Kier molecular flexibility index (Phi) is 3.34. The summed E-state index contributed by atoms with van der Waals surface area (Å²) in [6, 6.07) is 13.5. The first-order valence-electron chi connectivity index (χ1n) is 7.61. The number of allylic oxidation sites excluding steroid dienone is 2. The fourth-order valence-corrected chi connectivity index (χ4v) is 4.01. The summed E-state index contributed by atoms with van der Waals surface area (Å²) in [5.74, 6) is 0.511. The summed E-state index contributed by atoms with van der Waals surface area (Å²) in [7, 11) is 0. The van der Waals surface area contributed by atoms with Crippen molar-refractivity contribution in [2.75, 3.05) is 5.32 Å². The predicted octanol–water partition coefficient (Wildman–Crippen LogP) is 5.07. The zero-order valence-electron chi connectivity index (χ0n) is 12.3. The van der Waals surface area contributed by atoms with Crippen molar-refractivity contribution in [2.24, 2.45) is 5.92 Å². The first-order valence-corrected chi connectivity index (χ1v) is 7.99. The molecular formula is C18H15ClN2O2. The van der Waals surface area contributed by atoms with Crippen LogP contribution >= 0.6 is 11.6 Å². The van der Waals surface area contributed by atoms with E-state index in [1.165, 1.54) is 11.6 Å². The number of hydrogen-bond donors (Lipinski definition) is 1. The molecule has 0 bridgehead atoms. The second-order valence-corrected chi connectivity index (χ2v) is 6.44. The minimum Gasteiger partial charge on any atom is -0.376 e. The van der Waals surface area contributed by atoms with Gasteiger partial charge in [-0.15, -0.1) is 0 Å². The van der Waals surface area contributed by atoms with E-state index in [0.29, 0.717) is 10.9 Å². The molecule has 23 heavy (non-hydrogen) atoms. The number of halogens is 1. The third-order valence-corrected chi connectivity index (χ3v) is 5.07. The molecule has 0 amide bonds. The van der Waals surface area contributed by atoms with Crippen LogP contribution in [0.4, 0.5) is 11.4 Å². The summed E-state index contributed by atoms with van der Waals surface area (Å²) in [4.78, 5) is 10.7. The Hall–Kier alpha value is -2.33. The average molecular weight is 327 g/mol. The van der Waals surface area contributed by atoms with Crippen LogP contribution in [0.3, 0.4) is 0 Å². The Balaban J connectivity index is 1.84. The molecule has 0 spiro atoms. The van der Waals surface area contributed by atoms with Crippen LogP contribution in [-0.2, 0) is 0 Å². The van der Waals surface area contributed by atoms with Gasteiger partial charge in [0.1, 0.15) is 0 Å². The summed E-state index contributed by atoms with van der Waals surface area (Å²) >= 11 is 6.34. The molecule has 0 radical (unpaired) electrons. The van der Waals surface area contributed by atoms with Crippen molar-refractivity contribution in [3.63, 3.8) is 0 Å². The largest absolute Gasteiger partial charge is 0.376 e. The molecule has 1 heterocycles. The van der Waals surface area contributed by atoms with E-state index in [2.05, 4.69) is 29.6 Å². The Morgan fingerprint density at radius 3 is 2.74 bits per heavy atom. The molecule has 2 aliphatic rings. The molecule has 0 saturated carbocycles. The van der Waals surface area contributed by atoms with Crippen LogP contribution in [-0.4, -0.2) is 4.92 Å². The minimum atomic E-state index is -0.386.